The maximum absolute atomic E-state index is 5.91. The van der Waals surface area contributed by atoms with Crippen LogP contribution < -0.4 is 5.73 Å². The summed E-state index contributed by atoms with van der Waals surface area (Å²) in [5.41, 5.74) is 7.72. The summed E-state index contributed by atoms with van der Waals surface area (Å²) in [5.74, 6) is 0.610. The number of methoxy groups -OCH3 is 1. The van der Waals surface area contributed by atoms with Crippen LogP contribution in [-0.4, -0.2) is 23.5 Å². The molecule has 17 heavy (non-hydrogen) atoms. The van der Waals surface area contributed by atoms with Gasteiger partial charge in [0.15, 0.2) is 0 Å². The van der Waals surface area contributed by atoms with Gasteiger partial charge in [-0.2, -0.15) is 5.10 Å². The van der Waals surface area contributed by atoms with Gasteiger partial charge in [-0.3, -0.25) is 0 Å². The van der Waals surface area contributed by atoms with E-state index in [1.54, 1.807) is 11.8 Å². The fraction of sp³-hybridized carbons (Fsp3) is 0.250. The first kappa shape index (κ1) is 12.0. The van der Waals surface area contributed by atoms with Crippen LogP contribution in [0.25, 0.3) is 5.69 Å². The Balaban J connectivity index is 2.26. The first-order valence-corrected chi connectivity index (χ1v) is 5.68. The summed E-state index contributed by atoms with van der Waals surface area (Å²) >= 11 is 5.84. The average molecular weight is 252 g/mol. The fourth-order valence-electron chi connectivity index (χ4n) is 1.56. The lowest BCUT2D eigenvalue weighted by atomic mass is 10.3. The predicted octanol–water partition coefficient (Wildman–Crippen LogP) is 2.30. The molecule has 2 aromatic rings. The normalized spacial score (nSPS) is 10.7. The molecule has 0 saturated carbocycles. The molecular formula is C12H14ClN3O. The Kier molecular flexibility index (Phi) is 3.66. The van der Waals surface area contributed by atoms with Crippen molar-refractivity contribution < 1.29 is 4.74 Å². The quantitative estimate of drug-likeness (QED) is 0.907. The van der Waals surface area contributed by atoms with Crippen LogP contribution in [0.5, 0.6) is 0 Å². The molecular weight excluding hydrogens is 238 g/mol. The van der Waals surface area contributed by atoms with Gasteiger partial charge in [0.05, 0.1) is 18.0 Å². The minimum absolute atomic E-state index is 0.610. The third kappa shape index (κ3) is 2.78. The molecule has 2 N–H and O–H groups in total. The molecule has 0 fully saturated rings. The van der Waals surface area contributed by atoms with Crippen molar-refractivity contribution in [2.45, 2.75) is 6.42 Å². The Morgan fingerprint density at radius 2 is 2.06 bits per heavy atom. The minimum atomic E-state index is 0.610. The number of nitrogen functional groups attached to an aromatic ring is 1. The van der Waals surface area contributed by atoms with Crippen molar-refractivity contribution in [3.05, 3.63) is 41.0 Å². The molecule has 1 aromatic heterocycles. The Bertz CT molecular complexity index is 493. The lowest BCUT2D eigenvalue weighted by Gasteiger charge is -2.03. The first-order chi connectivity index (χ1) is 8.20. The molecule has 1 heterocycles. The van der Waals surface area contributed by atoms with E-state index in [2.05, 4.69) is 5.10 Å². The van der Waals surface area contributed by atoms with Crippen LogP contribution in [0.2, 0.25) is 5.02 Å². The number of benzene rings is 1. The number of hydrogen-bond donors (Lipinski definition) is 1. The summed E-state index contributed by atoms with van der Waals surface area (Å²) in [7, 11) is 1.67. The number of anilines is 1. The number of nitrogens with zero attached hydrogens (tertiary/aromatic N) is 2. The second-order valence-electron chi connectivity index (χ2n) is 3.69. The number of aromatic nitrogens is 2. The fourth-order valence-corrected chi connectivity index (χ4v) is 1.69. The highest BCUT2D eigenvalue weighted by Gasteiger charge is 2.06. The maximum Gasteiger partial charge on any atom is 0.127 e. The van der Waals surface area contributed by atoms with Gasteiger partial charge in [-0.15, -0.1) is 0 Å². The summed E-state index contributed by atoms with van der Waals surface area (Å²) in [5, 5.41) is 5.11. The summed E-state index contributed by atoms with van der Waals surface area (Å²) in [6.07, 6.45) is 0.751. The molecule has 0 saturated heterocycles. The van der Waals surface area contributed by atoms with Crippen LogP contribution in [0.4, 0.5) is 5.82 Å². The van der Waals surface area contributed by atoms with E-state index in [0.717, 1.165) is 17.8 Å². The van der Waals surface area contributed by atoms with Gasteiger partial charge in [0.2, 0.25) is 0 Å². The van der Waals surface area contributed by atoms with Crippen LogP contribution in [0, 0.1) is 0 Å². The third-order valence-electron chi connectivity index (χ3n) is 2.42. The SMILES string of the molecule is COCCc1cc(N)n(-c2ccc(Cl)cc2)n1. The Hall–Kier alpha value is -1.52. The zero-order valence-electron chi connectivity index (χ0n) is 9.56. The van der Waals surface area contributed by atoms with E-state index in [1.165, 1.54) is 0 Å². The Morgan fingerprint density at radius 3 is 2.71 bits per heavy atom. The summed E-state index contributed by atoms with van der Waals surface area (Å²) < 4.78 is 6.70. The highest BCUT2D eigenvalue weighted by Crippen LogP contribution is 2.17. The van der Waals surface area contributed by atoms with E-state index in [0.29, 0.717) is 17.4 Å². The van der Waals surface area contributed by atoms with Crippen molar-refractivity contribution in [2.24, 2.45) is 0 Å². The highest BCUT2D eigenvalue weighted by molar-refractivity contribution is 6.30. The molecule has 0 radical (unpaired) electrons. The van der Waals surface area contributed by atoms with Crippen molar-refractivity contribution in [3.63, 3.8) is 0 Å². The van der Waals surface area contributed by atoms with Crippen LogP contribution >= 0.6 is 11.6 Å². The Labute approximate surface area is 105 Å². The molecule has 4 nitrogen and oxygen atoms in total. The minimum Gasteiger partial charge on any atom is -0.384 e. The van der Waals surface area contributed by atoms with E-state index in [-0.39, 0.29) is 0 Å². The van der Waals surface area contributed by atoms with Crippen LogP contribution in [0.1, 0.15) is 5.69 Å². The van der Waals surface area contributed by atoms with Crippen molar-refractivity contribution in [1.29, 1.82) is 0 Å². The number of nitrogens with two attached hydrogens (primary N) is 1. The predicted molar refractivity (Wildman–Crippen MR) is 68.6 cm³/mol. The van der Waals surface area contributed by atoms with Gasteiger partial charge in [0, 0.05) is 24.6 Å². The number of rotatable bonds is 4. The van der Waals surface area contributed by atoms with E-state index >= 15 is 0 Å². The van der Waals surface area contributed by atoms with Crippen molar-refractivity contribution in [2.75, 3.05) is 19.5 Å². The molecule has 5 heteroatoms. The molecule has 0 bridgehead atoms. The van der Waals surface area contributed by atoms with Crippen LogP contribution in [0.3, 0.4) is 0 Å². The first-order valence-electron chi connectivity index (χ1n) is 5.30. The second-order valence-corrected chi connectivity index (χ2v) is 4.13. The number of hydrogen-bond acceptors (Lipinski definition) is 3. The zero-order valence-corrected chi connectivity index (χ0v) is 10.3. The highest BCUT2D eigenvalue weighted by atomic mass is 35.5. The summed E-state index contributed by atoms with van der Waals surface area (Å²) in [6, 6.07) is 9.24. The molecule has 0 aliphatic carbocycles. The van der Waals surface area contributed by atoms with Gasteiger partial charge in [0.1, 0.15) is 5.82 Å². The van der Waals surface area contributed by atoms with Gasteiger partial charge in [-0.1, -0.05) is 11.6 Å². The summed E-state index contributed by atoms with van der Waals surface area (Å²) in [6.45, 7) is 0.636. The molecule has 0 aliphatic rings. The third-order valence-corrected chi connectivity index (χ3v) is 2.67. The van der Waals surface area contributed by atoms with Crippen molar-refractivity contribution >= 4 is 17.4 Å². The number of ether oxygens (including phenoxy) is 1. The Morgan fingerprint density at radius 1 is 1.35 bits per heavy atom. The zero-order chi connectivity index (χ0) is 12.3. The average Bonchev–Trinajstić information content (AvgIpc) is 2.69. The van der Waals surface area contributed by atoms with E-state index in [1.807, 2.05) is 30.3 Å². The molecule has 0 amide bonds. The smallest absolute Gasteiger partial charge is 0.127 e. The topological polar surface area (TPSA) is 53.1 Å². The maximum atomic E-state index is 5.91. The van der Waals surface area contributed by atoms with Gasteiger partial charge >= 0.3 is 0 Å². The van der Waals surface area contributed by atoms with Gasteiger partial charge in [-0.05, 0) is 24.3 Å². The lowest BCUT2D eigenvalue weighted by Crippen LogP contribution is -2.02. The van der Waals surface area contributed by atoms with Gasteiger partial charge < -0.3 is 10.5 Å². The lowest BCUT2D eigenvalue weighted by molar-refractivity contribution is 0.201. The second kappa shape index (κ2) is 5.21. The van der Waals surface area contributed by atoms with Crippen LogP contribution in [-0.2, 0) is 11.2 Å². The van der Waals surface area contributed by atoms with Crippen LogP contribution in [0.15, 0.2) is 30.3 Å². The molecule has 0 unspecified atom stereocenters. The number of halogens is 1. The molecule has 0 spiro atoms. The summed E-state index contributed by atoms with van der Waals surface area (Å²) in [4.78, 5) is 0. The van der Waals surface area contributed by atoms with Gasteiger partial charge in [0.25, 0.3) is 0 Å². The van der Waals surface area contributed by atoms with E-state index in [9.17, 15) is 0 Å². The monoisotopic (exact) mass is 251 g/mol. The standard InChI is InChI=1S/C12H14ClN3O/c1-17-7-6-10-8-12(14)16(15-10)11-4-2-9(13)3-5-11/h2-5,8H,6-7,14H2,1H3. The van der Waals surface area contributed by atoms with Crippen molar-refractivity contribution in [3.8, 4) is 5.69 Å². The molecule has 0 aliphatic heterocycles. The molecule has 1 aromatic carbocycles. The molecule has 0 atom stereocenters. The van der Waals surface area contributed by atoms with E-state index < -0.39 is 0 Å². The van der Waals surface area contributed by atoms with Crippen molar-refractivity contribution in [1.82, 2.24) is 9.78 Å². The van der Waals surface area contributed by atoms with E-state index in [4.69, 9.17) is 22.1 Å². The molecule has 2 rings (SSSR count). The van der Waals surface area contributed by atoms with Gasteiger partial charge in [-0.25, -0.2) is 4.68 Å². The molecule has 90 valence electrons. The largest absolute Gasteiger partial charge is 0.384 e.